The van der Waals surface area contributed by atoms with E-state index in [2.05, 4.69) is 22.4 Å². The van der Waals surface area contributed by atoms with Crippen LogP contribution >= 0.6 is 11.3 Å². The van der Waals surface area contributed by atoms with Crippen molar-refractivity contribution in [3.05, 3.63) is 64.7 Å². The second kappa shape index (κ2) is 5.56. The summed E-state index contributed by atoms with van der Waals surface area (Å²) < 4.78 is 31.1. The summed E-state index contributed by atoms with van der Waals surface area (Å²) in [6, 6.07) is 9.83. The zero-order valence-corrected chi connectivity index (χ0v) is 15.1. The van der Waals surface area contributed by atoms with Gasteiger partial charge in [-0.2, -0.15) is 11.3 Å². The van der Waals surface area contributed by atoms with E-state index in [-0.39, 0.29) is 11.2 Å². The van der Waals surface area contributed by atoms with Crippen LogP contribution in [0.4, 0.5) is 0 Å². The molecule has 0 amide bonds. The number of benzene rings is 1. The Hall–Kier alpha value is -1.89. The van der Waals surface area contributed by atoms with E-state index >= 15 is 0 Å². The fourth-order valence-electron chi connectivity index (χ4n) is 4.10. The number of thiophene rings is 1. The monoisotopic (exact) mass is 371 g/mol. The minimum atomic E-state index is -3.24. The van der Waals surface area contributed by atoms with Crippen LogP contribution < -0.4 is 0 Å². The molecule has 0 bridgehead atoms. The second-order valence-corrected chi connectivity index (χ2v) is 9.70. The topological polar surface area (TPSA) is 50.5 Å². The summed E-state index contributed by atoms with van der Waals surface area (Å²) in [7, 11) is -3.24. The highest BCUT2D eigenvalue weighted by Gasteiger charge is 2.50. The minimum absolute atomic E-state index is 0.0606. The van der Waals surface area contributed by atoms with Crippen LogP contribution in [-0.2, 0) is 16.4 Å². The van der Waals surface area contributed by atoms with Gasteiger partial charge in [-0.05, 0) is 51.7 Å². The van der Waals surface area contributed by atoms with Gasteiger partial charge < -0.3 is 4.42 Å². The van der Waals surface area contributed by atoms with Crippen molar-refractivity contribution < 1.29 is 12.8 Å². The van der Waals surface area contributed by atoms with Crippen molar-refractivity contribution >= 4 is 21.2 Å². The van der Waals surface area contributed by atoms with Gasteiger partial charge in [-0.15, -0.1) is 0 Å². The Labute approximate surface area is 150 Å². The molecule has 3 aromatic rings. The first-order valence-corrected chi connectivity index (χ1v) is 10.8. The van der Waals surface area contributed by atoms with E-state index in [1.165, 1.54) is 0 Å². The molecule has 1 aromatic carbocycles. The summed E-state index contributed by atoms with van der Waals surface area (Å²) in [5, 5.41) is 3.82. The van der Waals surface area contributed by atoms with Gasteiger partial charge in [0.2, 0.25) is 0 Å². The highest BCUT2D eigenvalue weighted by molar-refractivity contribution is 7.92. The lowest BCUT2D eigenvalue weighted by Gasteiger charge is -2.16. The van der Waals surface area contributed by atoms with E-state index in [4.69, 9.17) is 4.42 Å². The summed E-state index contributed by atoms with van der Waals surface area (Å²) in [5.41, 5.74) is 4.33. The van der Waals surface area contributed by atoms with Crippen molar-refractivity contribution in [2.45, 2.75) is 22.6 Å². The van der Waals surface area contributed by atoms with Crippen LogP contribution in [0.5, 0.6) is 0 Å². The van der Waals surface area contributed by atoms with Crippen LogP contribution in [0.25, 0.3) is 11.1 Å². The Bertz CT molecular complexity index is 1010. The lowest BCUT2D eigenvalue weighted by molar-refractivity contribution is 0.324. The van der Waals surface area contributed by atoms with Crippen LogP contribution in [-0.4, -0.2) is 31.7 Å². The Morgan fingerprint density at radius 1 is 1.16 bits per heavy atom. The molecular formula is C19H17NO3S2. The fourth-order valence-corrected chi connectivity index (χ4v) is 6.96. The molecule has 4 heterocycles. The van der Waals surface area contributed by atoms with Crippen LogP contribution in [0.2, 0.25) is 0 Å². The summed E-state index contributed by atoms with van der Waals surface area (Å²) in [5.74, 6) is 0.0606. The number of furan rings is 1. The quantitative estimate of drug-likeness (QED) is 0.703. The van der Waals surface area contributed by atoms with E-state index < -0.39 is 9.84 Å². The molecule has 1 saturated heterocycles. The van der Waals surface area contributed by atoms with Gasteiger partial charge >= 0.3 is 0 Å². The number of sulfone groups is 1. The average molecular weight is 371 g/mol. The number of hydrogen-bond donors (Lipinski definition) is 0. The summed E-state index contributed by atoms with van der Waals surface area (Å²) in [6.07, 6.45) is 3.39. The molecule has 128 valence electrons. The van der Waals surface area contributed by atoms with E-state index in [1.54, 1.807) is 29.9 Å². The Balaban J connectivity index is 1.51. The van der Waals surface area contributed by atoms with E-state index in [0.717, 1.165) is 35.3 Å². The Morgan fingerprint density at radius 2 is 2.08 bits per heavy atom. The van der Waals surface area contributed by atoms with E-state index in [9.17, 15) is 8.42 Å². The predicted molar refractivity (Wildman–Crippen MR) is 97.5 cm³/mol. The third-order valence-corrected chi connectivity index (χ3v) is 8.24. The zero-order valence-electron chi connectivity index (χ0n) is 13.5. The number of fused-ring (bicyclic) bond motifs is 3. The summed E-state index contributed by atoms with van der Waals surface area (Å²) >= 11 is 1.65. The van der Waals surface area contributed by atoms with Crippen LogP contribution in [0, 0.1) is 0 Å². The third kappa shape index (κ3) is 2.39. The molecule has 0 unspecified atom stereocenters. The molecule has 5 rings (SSSR count). The number of likely N-dealkylation sites (tertiary alicyclic amines) is 1. The molecule has 0 aliphatic carbocycles. The lowest BCUT2D eigenvalue weighted by Crippen LogP contribution is -2.25. The van der Waals surface area contributed by atoms with Gasteiger partial charge in [0.1, 0.15) is 0 Å². The predicted octanol–water partition coefficient (Wildman–Crippen LogP) is 3.76. The molecule has 0 N–H and O–H groups in total. The lowest BCUT2D eigenvalue weighted by atomic mass is 9.95. The van der Waals surface area contributed by atoms with Gasteiger partial charge in [0.05, 0.1) is 22.7 Å². The van der Waals surface area contributed by atoms with Gasteiger partial charge in [-0.3, -0.25) is 4.90 Å². The van der Waals surface area contributed by atoms with Crippen LogP contribution in [0.3, 0.4) is 0 Å². The van der Waals surface area contributed by atoms with E-state index in [0.29, 0.717) is 11.4 Å². The van der Waals surface area contributed by atoms with Gasteiger partial charge in [-0.25, -0.2) is 8.42 Å². The van der Waals surface area contributed by atoms with Crippen molar-refractivity contribution in [2.75, 3.05) is 13.1 Å². The molecule has 6 heteroatoms. The Morgan fingerprint density at radius 3 is 2.84 bits per heavy atom. The maximum absolute atomic E-state index is 13.0. The van der Waals surface area contributed by atoms with Crippen molar-refractivity contribution in [1.82, 2.24) is 4.90 Å². The molecule has 2 aliphatic rings. The molecule has 4 nitrogen and oxygen atoms in total. The normalized spacial score (nSPS) is 24.3. The number of hydrogen-bond acceptors (Lipinski definition) is 5. The standard InChI is InChI=1S/C19H17NO3S2/c21-25(22)18-2-1-14(15-4-6-24-12-15)7-16(18)17-9-20(10-19(17)25)8-13-3-5-23-11-13/h1-7,11-12,17,19H,8-10H2/t17-,19-/m1/s1. The average Bonchev–Trinajstić information content (AvgIpc) is 3.37. The first kappa shape index (κ1) is 15.4. The van der Waals surface area contributed by atoms with Gasteiger partial charge in [0.15, 0.2) is 9.84 Å². The fraction of sp³-hybridized carbons (Fsp3) is 0.263. The number of rotatable bonds is 3. The largest absolute Gasteiger partial charge is 0.472 e. The zero-order chi connectivity index (χ0) is 17.0. The maximum Gasteiger partial charge on any atom is 0.183 e. The van der Waals surface area contributed by atoms with Crippen LogP contribution in [0.1, 0.15) is 17.0 Å². The van der Waals surface area contributed by atoms with Crippen LogP contribution in [0.15, 0.2) is 62.9 Å². The molecule has 0 radical (unpaired) electrons. The van der Waals surface area contributed by atoms with Crippen molar-refractivity contribution in [3.63, 3.8) is 0 Å². The number of nitrogens with zero attached hydrogens (tertiary/aromatic N) is 1. The molecule has 0 spiro atoms. The summed E-state index contributed by atoms with van der Waals surface area (Å²) in [6.45, 7) is 2.09. The Kier molecular flexibility index (Phi) is 3.42. The molecular weight excluding hydrogens is 354 g/mol. The highest BCUT2D eigenvalue weighted by Crippen LogP contribution is 2.46. The van der Waals surface area contributed by atoms with Crippen molar-refractivity contribution in [2.24, 2.45) is 0 Å². The first-order chi connectivity index (χ1) is 12.1. The molecule has 2 atom stereocenters. The third-order valence-electron chi connectivity index (χ3n) is 5.30. The van der Waals surface area contributed by atoms with E-state index in [1.807, 2.05) is 17.5 Å². The van der Waals surface area contributed by atoms with Gasteiger partial charge in [-0.1, -0.05) is 6.07 Å². The van der Waals surface area contributed by atoms with Gasteiger partial charge in [0.25, 0.3) is 0 Å². The highest BCUT2D eigenvalue weighted by atomic mass is 32.2. The maximum atomic E-state index is 13.0. The first-order valence-electron chi connectivity index (χ1n) is 8.27. The second-order valence-electron chi connectivity index (χ2n) is 6.78. The van der Waals surface area contributed by atoms with Gasteiger partial charge in [0, 0.05) is 31.1 Å². The molecule has 1 fully saturated rings. The minimum Gasteiger partial charge on any atom is -0.472 e. The molecule has 25 heavy (non-hydrogen) atoms. The molecule has 2 aromatic heterocycles. The smallest absolute Gasteiger partial charge is 0.183 e. The van der Waals surface area contributed by atoms with Crippen molar-refractivity contribution in [1.29, 1.82) is 0 Å². The van der Waals surface area contributed by atoms with Crippen molar-refractivity contribution in [3.8, 4) is 11.1 Å². The molecule has 2 aliphatic heterocycles. The SMILES string of the molecule is O=S1(=O)c2ccc(-c3ccsc3)cc2[C@H]2CN(Cc3ccoc3)C[C@H]21. The summed E-state index contributed by atoms with van der Waals surface area (Å²) in [4.78, 5) is 2.75. The molecule has 0 saturated carbocycles.